The quantitative estimate of drug-likeness (QED) is 0.158. The summed E-state index contributed by atoms with van der Waals surface area (Å²) < 4.78 is 16.1. The third-order valence-electron chi connectivity index (χ3n) is 4.69. The van der Waals surface area contributed by atoms with Crippen LogP contribution >= 0.6 is 11.8 Å². The molecule has 0 atom stereocenters. The summed E-state index contributed by atoms with van der Waals surface area (Å²) in [5.41, 5.74) is 0. The van der Waals surface area contributed by atoms with Gasteiger partial charge in [0, 0.05) is 25.6 Å². The Bertz CT molecular complexity index is 352. The molecule has 7 heteroatoms. The van der Waals surface area contributed by atoms with E-state index in [2.05, 4.69) is 23.4 Å². The highest BCUT2D eigenvalue weighted by Gasteiger charge is 2.06. The summed E-state index contributed by atoms with van der Waals surface area (Å²) in [7, 11) is 0. The fraction of sp³-hybridized carbons (Fsp3) is 0.913. The minimum absolute atomic E-state index is 0.0629. The van der Waals surface area contributed by atoms with E-state index in [0.29, 0.717) is 39.0 Å². The molecule has 0 saturated heterocycles. The number of hydrogen-bond acceptors (Lipinski definition) is 7. The lowest BCUT2D eigenvalue weighted by Gasteiger charge is -2.11. The lowest BCUT2D eigenvalue weighted by atomic mass is 10.1. The Hall–Kier alpha value is -0.470. The van der Waals surface area contributed by atoms with Crippen LogP contribution in [0.1, 0.15) is 57.8 Å². The van der Waals surface area contributed by atoms with Crippen LogP contribution in [0.15, 0.2) is 9.98 Å². The van der Waals surface area contributed by atoms with Crippen molar-refractivity contribution in [2.24, 2.45) is 15.9 Å². The SMILES string of the molecule is C=NCC(CN=C)CSCCCCCCCCCCCOCCOCCOCCO. The van der Waals surface area contributed by atoms with Crippen molar-refractivity contribution in [3.05, 3.63) is 0 Å². The third-order valence-corrected chi connectivity index (χ3v) is 5.97. The lowest BCUT2D eigenvalue weighted by molar-refractivity contribution is 0.00719. The zero-order chi connectivity index (χ0) is 22.0. The molecule has 178 valence electrons. The van der Waals surface area contributed by atoms with Gasteiger partial charge in [0.2, 0.25) is 0 Å². The zero-order valence-electron chi connectivity index (χ0n) is 19.1. The maximum Gasteiger partial charge on any atom is 0.0701 e. The molecule has 0 radical (unpaired) electrons. The normalized spacial score (nSPS) is 11.3. The summed E-state index contributed by atoms with van der Waals surface area (Å²) in [6.07, 6.45) is 11.8. The molecule has 0 fully saturated rings. The molecular weight excluding hydrogens is 400 g/mol. The first-order valence-corrected chi connectivity index (χ1v) is 12.8. The summed E-state index contributed by atoms with van der Waals surface area (Å²) in [4.78, 5) is 7.97. The Morgan fingerprint density at radius 2 is 1.10 bits per heavy atom. The van der Waals surface area contributed by atoms with Gasteiger partial charge in [-0.15, -0.1) is 0 Å². The second-order valence-corrected chi connectivity index (χ2v) is 8.65. The molecule has 30 heavy (non-hydrogen) atoms. The summed E-state index contributed by atoms with van der Waals surface area (Å²) in [6.45, 7) is 12.4. The fourth-order valence-electron chi connectivity index (χ4n) is 3.03. The number of aliphatic imine (C=N–C) groups is 2. The molecule has 0 bridgehead atoms. The Labute approximate surface area is 189 Å². The third kappa shape index (κ3) is 23.8. The number of nitrogens with zero attached hydrogens (tertiary/aromatic N) is 2. The van der Waals surface area contributed by atoms with Crippen LogP contribution in [0.3, 0.4) is 0 Å². The van der Waals surface area contributed by atoms with E-state index in [0.717, 1.165) is 31.9 Å². The van der Waals surface area contributed by atoms with Gasteiger partial charge < -0.3 is 29.3 Å². The molecule has 0 spiro atoms. The Morgan fingerprint density at radius 1 is 0.633 bits per heavy atom. The highest BCUT2D eigenvalue weighted by Crippen LogP contribution is 2.14. The predicted octanol–water partition coefficient (Wildman–Crippen LogP) is 4.29. The molecule has 0 saturated carbocycles. The van der Waals surface area contributed by atoms with Crippen LogP contribution in [0.5, 0.6) is 0 Å². The highest BCUT2D eigenvalue weighted by atomic mass is 32.2. The molecule has 0 aliphatic carbocycles. The lowest BCUT2D eigenvalue weighted by Crippen LogP contribution is -2.12. The van der Waals surface area contributed by atoms with Gasteiger partial charge in [-0.25, -0.2) is 0 Å². The van der Waals surface area contributed by atoms with Crippen molar-refractivity contribution in [2.45, 2.75) is 57.8 Å². The first-order chi connectivity index (χ1) is 14.8. The van der Waals surface area contributed by atoms with E-state index in [1.807, 2.05) is 11.8 Å². The van der Waals surface area contributed by atoms with Crippen LogP contribution in [0.2, 0.25) is 0 Å². The maximum atomic E-state index is 8.56. The monoisotopic (exact) mass is 446 g/mol. The molecule has 0 aromatic heterocycles. The van der Waals surface area contributed by atoms with Gasteiger partial charge in [0.1, 0.15) is 0 Å². The molecule has 0 rings (SSSR count). The molecule has 0 aromatic rings. The van der Waals surface area contributed by atoms with E-state index in [1.165, 1.54) is 57.1 Å². The molecule has 0 amide bonds. The molecule has 0 heterocycles. The van der Waals surface area contributed by atoms with Gasteiger partial charge in [0.25, 0.3) is 0 Å². The van der Waals surface area contributed by atoms with Gasteiger partial charge in [-0.2, -0.15) is 11.8 Å². The summed E-state index contributed by atoms with van der Waals surface area (Å²) in [5, 5.41) is 8.56. The van der Waals surface area contributed by atoms with Gasteiger partial charge in [-0.05, 0) is 37.8 Å². The second kappa shape index (κ2) is 26.6. The summed E-state index contributed by atoms with van der Waals surface area (Å²) >= 11 is 2.02. The molecule has 0 aromatic carbocycles. The average Bonchev–Trinajstić information content (AvgIpc) is 2.75. The van der Waals surface area contributed by atoms with E-state index in [-0.39, 0.29) is 6.61 Å². The Kier molecular flexibility index (Phi) is 26.1. The number of aliphatic hydroxyl groups excluding tert-OH is 1. The first-order valence-electron chi connectivity index (χ1n) is 11.6. The second-order valence-electron chi connectivity index (χ2n) is 7.50. The van der Waals surface area contributed by atoms with Gasteiger partial charge in [-0.1, -0.05) is 44.9 Å². The summed E-state index contributed by atoms with van der Waals surface area (Å²) in [6, 6.07) is 0. The Balaban J connectivity index is 3.12. The number of thioether (sulfide) groups is 1. The van der Waals surface area contributed by atoms with E-state index in [4.69, 9.17) is 19.3 Å². The van der Waals surface area contributed by atoms with E-state index in [9.17, 15) is 0 Å². The van der Waals surface area contributed by atoms with Crippen LogP contribution in [0.25, 0.3) is 0 Å². The van der Waals surface area contributed by atoms with Crippen LogP contribution in [0.4, 0.5) is 0 Å². The molecule has 0 unspecified atom stereocenters. The number of aliphatic hydroxyl groups is 1. The molecular formula is C23H46N2O4S. The number of hydrogen-bond donors (Lipinski definition) is 1. The highest BCUT2D eigenvalue weighted by molar-refractivity contribution is 7.99. The van der Waals surface area contributed by atoms with Gasteiger partial charge in [0.05, 0.1) is 39.6 Å². The number of unbranched alkanes of at least 4 members (excludes halogenated alkanes) is 8. The Morgan fingerprint density at radius 3 is 1.63 bits per heavy atom. The van der Waals surface area contributed by atoms with Crippen molar-refractivity contribution < 1.29 is 19.3 Å². The van der Waals surface area contributed by atoms with E-state index >= 15 is 0 Å². The minimum atomic E-state index is 0.0629. The topological polar surface area (TPSA) is 72.6 Å². The van der Waals surface area contributed by atoms with E-state index in [1.54, 1.807) is 0 Å². The van der Waals surface area contributed by atoms with Crippen molar-refractivity contribution in [3.63, 3.8) is 0 Å². The van der Waals surface area contributed by atoms with Crippen LogP contribution in [-0.4, -0.2) is 89.4 Å². The van der Waals surface area contributed by atoms with Gasteiger partial charge in [0.15, 0.2) is 0 Å². The van der Waals surface area contributed by atoms with Gasteiger partial charge >= 0.3 is 0 Å². The van der Waals surface area contributed by atoms with Crippen molar-refractivity contribution in [2.75, 3.05) is 70.8 Å². The van der Waals surface area contributed by atoms with Crippen molar-refractivity contribution in [1.82, 2.24) is 0 Å². The van der Waals surface area contributed by atoms with Crippen molar-refractivity contribution >= 4 is 25.2 Å². The predicted molar refractivity (Wildman–Crippen MR) is 131 cm³/mol. The maximum absolute atomic E-state index is 8.56. The smallest absolute Gasteiger partial charge is 0.0701 e. The largest absolute Gasteiger partial charge is 0.394 e. The fourth-order valence-corrected chi connectivity index (χ4v) is 4.15. The first kappa shape index (κ1) is 29.5. The van der Waals surface area contributed by atoms with Crippen molar-refractivity contribution in [3.8, 4) is 0 Å². The zero-order valence-corrected chi connectivity index (χ0v) is 19.9. The standard InChI is InChI=1S/C23H46N2O4S/c1-24-20-23(21-25-2)22-30-19-11-9-7-5-3-4-6-8-10-13-27-15-17-29-18-16-28-14-12-26/h23,26H,1-22H2. The average molecular weight is 447 g/mol. The summed E-state index contributed by atoms with van der Waals surface area (Å²) in [5.74, 6) is 2.87. The van der Waals surface area contributed by atoms with Crippen LogP contribution < -0.4 is 0 Å². The number of ether oxygens (including phenoxy) is 3. The van der Waals surface area contributed by atoms with Crippen LogP contribution in [-0.2, 0) is 14.2 Å². The van der Waals surface area contributed by atoms with Gasteiger partial charge in [-0.3, -0.25) is 0 Å². The van der Waals surface area contributed by atoms with Crippen molar-refractivity contribution in [1.29, 1.82) is 0 Å². The van der Waals surface area contributed by atoms with E-state index < -0.39 is 0 Å². The molecule has 0 aliphatic rings. The molecule has 1 N–H and O–H groups in total. The minimum Gasteiger partial charge on any atom is -0.394 e. The van der Waals surface area contributed by atoms with Crippen LogP contribution in [0, 0.1) is 5.92 Å². The number of rotatable bonds is 26. The molecule has 6 nitrogen and oxygen atoms in total. The molecule has 0 aliphatic heterocycles.